The summed E-state index contributed by atoms with van der Waals surface area (Å²) in [7, 11) is 0. The van der Waals surface area contributed by atoms with Crippen LogP contribution in [-0.4, -0.2) is 94.4 Å². The molecule has 0 aliphatic heterocycles. The zero-order chi connectivity index (χ0) is 52.0. The van der Waals surface area contributed by atoms with E-state index in [-0.39, 0.29) is 70.4 Å². The summed E-state index contributed by atoms with van der Waals surface area (Å²) in [5.41, 5.74) is 23.9. The molecular formula is C51H68N10O10. The lowest BCUT2D eigenvalue weighted by Crippen LogP contribution is -2.44. The lowest BCUT2D eigenvalue weighted by atomic mass is 9.96. The van der Waals surface area contributed by atoms with E-state index in [2.05, 4.69) is 45.7 Å². The molecule has 0 fully saturated rings. The van der Waals surface area contributed by atoms with Gasteiger partial charge in [0, 0.05) is 28.2 Å². The SMILES string of the molecule is CC[C@@H](C)c1cccc(C(=O)NC(CCCCN)C(=O)Nc2ccc(O)c(C(=O)NC(CCCCN)C(=O)Nc3ccc(O)c(CC(=O)NC(CCCCN)C(=O)Nc4ccc(O)c(C(N)=O)c4)c3)c2)c1. The summed E-state index contributed by atoms with van der Waals surface area (Å²) in [5, 5.41) is 47.7. The van der Waals surface area contributed by atoms with Gasteiger partial charge < -0.3 is 70.2 Å². The zero-order valence-electron chi connectivity index (χ0n) is 40.2. The van der Waals surface area contributed by atoms with E-state index in [0.717, 1.165) is 12.0 Å². The molecule has 4 aromatic rings. The number of anilines is 3. The third-order valence-electron chi connectivity index (χ3n) is 11.8. The fourth-order valence-corrected chi connectivity index (χ4v) is 7.50. The predicted molar refractivity (Wildman–Crippen MR) is 271 cm³/mol. The average Bonchev–Trinajstić information content (AvgIpc) is 3.34. The predicted octanol–water partition coefficient (Wildman–Crippen LogP) is 3.94. The molecule has 4 atom stereocenters. The van der Waals surface area contributed by atoms with E-state index >= 15 is 0 Å². The molecule has 0 spiro atoms. The second-order valence-corrected chi connectivity index (χ2v) is 17.3. The molecule has 3 unspecified atom stereocenters. The Balaban J connectivity index is 1.47. The molecule has 4 rings (SSSR count). The molecule has 71 heavy (non-hydrogen) atoms. The number of hydrogen-bond acceptors (Lipinski definition) is 13. The molecule has 382 valence electrons. The minimum atomic E-state index is -1.17. The molecule has 0 aliphatic rings. The third kappa shape index (κ3) is 17.4. The Bertz CT molecular complexity index is 2500. The molecule has 20 nitrogen and oxygen atoms in total. The Hall–Kier alpha value is -7.55. The summed E-state index contributed by atoms with van der Waals surface area (Å²) in [6, 6.07) is 15.7. The maximum Gasteiger partial charge on any atom is 0.255 e. The fraction of sp³-hybridized carbons (Fsp3) is 0.392. The first-order valence-electron chi connectivity index (χ1n) is 23.8. The van der Waals surface area contributed by atoms with Crippen molar-refractivity contribution in [2.45, 2.75) is 109 Å². The van der Waals surface area contributed by atoms with Gasteiger partial charge in [-0.1, -0.05) is 26.0 Å². The molecular weight excluding hydrogens is 913 g/mol. The molecule has 17 N–H and O–H groups in total. The van der Waals surface area contributed by atoms with Gasteiger partial charge in [-0.3, -0.25) is 33.6 Å². The van der Waals surface area contributed by atoms with E-state index in [1.54, 1.807) is 18.2 Å². The first-order chi connectivity index (χ1) is 34.0. The number of phenols is 3. The Morgan fingerprint density at radius 3 is 1.48 bits per heavy atom. The molecule has 20 heteroatoms. The van der Waals surface area contributed by atoms with Gasteiger partial charge in [-0.15, -0.1) is 0 Å². The number of carbonyl (C=O) groups is 7. The van der Waals surface area contributed by atoms with Crippen LogP contribution >= 0.6 is 0 Å². The van der Waals surface area contributed by atoms with E-state index < -0.39 is 71.6 Å². The van der Waals surface area contributed by atoms with Crippen LogP contribution < -0.4 is 54.8 Å². The van der Waals surface area contributed by atoms with Gasteiger partial charge in [0.1, 0.15) is 35.4 Å². The maximum atomic E-state index is 13.8. The first-order valence-corrected chi connectivity index (χ1v) is 23.8. The van der Waals surface area contributed by atoms with Gasteiger partial charge in [0.15, 0.2) is 0 Å². The van der Waals surface area contributed by atoms with Crippen LogP contribution in [0.5, 0.6) is 17.2 Å². The summed E-state index contributed by atoms with van der Waals surface area (Å²) < 4.78 is 0. The highest BCUT2D eigenvalue weighted by molar-refractivity contribution is 6.05. The van der Waals surface area contributed by atoms with E-state index in [4.69, 9.17) is 22.9 Å². The van der Waals surface area contributed by atoms with Crippen LogP contribution in [0.25, 0.3) is 0 Å². The van der Waals surface area contributed by atoms with Crippen LogP contribution in [0.3, 0.4) is 0 Å². The van der Waals surface area contributed by atoms with E-state index in [1.165, 1.54) is 54.6 Å². The second-order valence-electron chi connectivity index (χ2n) is 17.3. The van der Waals surface area contributed by atoms with Gasteiger partial charge in [-0.2, -0.15) is 0 Å². The van der Waals surface area contributed by atoms with Crippen molar-refractivity contribution in [3.8, 4) is 17.2 Å². The monoisotopic (exact) mass is 981 g/mol. The molecule has 0 saturated heterocycles. The number of primary amides is 1. The quantitative estimate of drug-likeness (QED) is 0.0284. The fourth-order valence-electron chi connectivity index (χ4n) is 7.50. The van der Waals surface area contributed by atoms with Crippen LogP contribution in [0.2, 0.25) is 0 Å². The number of unbranched alkanes of at least 4 members (excludes halogenated alkanes) is 3. The van der Waals surface area contributed by atoms with Crippen molar-refractivity contribution in [3.63, 3.8) is 0 Å². The number of phenolic OH excluding ortho intramolecular Hbond substituents is 2. The first kappa shape index (κ1) is 56.0. The van der Waals surface area contributed by atoms with Crippen molar-refractivity contribution < 1.29 is 48.9 Å². The van der Waals surface area contributed by atoms with Crippen LogP contribution in [0.15, 0.2) is 78.9 Å². The van der Waals surface area contributed by atoms with Gasteiger partial charge in [0.25, 0.3) is 17.7 Å². The number of hydrogen-bond donors (Lipinski definition) is 13. The van der Waals surface area contributed by atoms with Crippen molar-refractivity contribution in [1.82, 2.24) is 16.0 Å². The van der Waals surface area contributed by atoms with Crippen molar-refractivity contribution >= 4 is 58.4 Å². The van der Waals surface area contributed by atoms with Crippen LogP contribution in [0.1, 0.15) is 126 Å². The zero-order valence-corrected chi connectivity index (χ0v) is 40.2. The number of rotatable bonds is 28. The van der Waals surface area contributed by atoms with Crippen LogP contribution in [-0.2, 0) is 25.6 Å². The number of amides is 7. The number of benzene rings is 4. The van der Waals surface area contributed by atoms with E-state index in [1.807, 2.05) is 6.07 Å². The second kappa shape index (κ2) is 28.2. The number of aromatic hydroxyl groups is 3. The average molecular weight is 981 g/mol. The van der Waals surface area contributed by atoms with Crippen LogP contribution in [0.4, 0.5) is 17.1 Å². The highest BCUT2D eigenvalue weighted by Gasteiger charge is 2.27. The Morgan fingerprint density at radius 1 is 0.535 bits per heavy atom. The van der Waals surface area contributed by atoms with Crippen molar-refractivity contribution in [2.75, 3.05) is 35.6 Å². The number of nitrogens with one attached hydrogen (secondary N) is 6. The van der Waals surface area contributed by atoms with E-state index in [0.29, 0.717) is 63.7 Å². The molecule has 0 bridgehead atoms. The highest BCUT2D eigenvalue weighted by Crippen LogP contribution is 2.26. The summed E-state index contributed by atoms with van der Waals surface area (Å²) in [6.45, 7) is 5.17. The van der Waals surface area contributed by atoms with Gasteiger partial charge in [0.05, 0.1) is 17.5 Å². The topological polar surface area (TPSA) is 356 Å². The summed E-state index contributed by atoms with van der Waals surface area (Å²) >= 11 is 0. The minimum absolute atomic E-state index is 0.0931. The van der Waals surface area contributed by atoms with Gasteiger partial charge in [-0.05, 0) is 162 Å². The molecule has 0 heterocycles. The minimum Gasteiger partial charge on any atom is -0.508 e. The third-order valence-corrected chi connectivity index (χ3v) is 11.8. The largest absolute Gasteiger partial charge is 0.508 e. The normalized spacial score (nSPS) is 12.6. The Labute approximate surface area is 413 Å². The Morgan fingerprint density at radius 2 is 0.986 bits per heavy atom. The summed E-state index contributed by atoms with van der Waals surface area (Å²) in [5.74, 6) is -5.56. The lowest BCUT2D eigenvalue weighted by Gasteiger charge is -2.21. The molecule has 4 aromatic carbocycles. The molecule has 7 amide bonds. The molecule has 0 aliphatic carbocycles. The van der Waals surface area contributed by atoms with Crippen LogP contribution in [0, 0.1) is 0 Å². The van der Waals surface area contributed by atoms with E-state index in [9.17, 15) is 48.9 Å². The standard InChI is InChI=1S/C51H68N10O10/c1-3-30(2)31-11-10-12-32(25-31)47(67)60-40(14-5-8-23-53)50(70)58-36-18-21-44(64)38(29-36)48(68)61-41(15-6-9-24-54)51(71)56-34-16-19-42(62)33(26-34)27-45(65)59-39(13-4-7-22-52)49(69)57-35-17-20-43(63)37(28-35)46(55)66/h10-12,16-21,25-26,28-30,39-41,62-64H,3-9,13-15,22-24,27,52-54H2,1-2H3,(H2,55,66)(H,56,71)(H,57,69)(H,58,70)(H,59,65)(H,60,67)(H,61,68)/t30-,39?,40?,41?/m1/s1. The van der Waals surface area contributed by atoms with Crippen molar-refractivity contribution in [3.05, 3.63) is 107 Å². The summed E-state index contributed by atoms with van der Waals surface area (Å²) in [4.78, 5) is 93.3. The lowest BCUT2D eigenvalue weighted by molar-refractivity contribution is -0.126. The number of nitrogens with two attached hydrogens (primary N) is 4. The Kier molecular flexibility index (Phi) is 22.3. The summed E-state index contributed by atoms with van der Waals surface area (Å²) in [6.07, 6.45) is 4.20. The number of carbonyl (C=O) groups excluding carboxylic acids is 7. The smallest absolute Gasteiger partial charge is 0.255 e. The highest BCUT2D eigenvalue weighted by atomic mass is 16.3. The van der Waals surface area contributed by atoms with Crippen molar-refractivity contribution in [1.29, 1.82) is 0 Å². The van der Waals surface area contributed by atoms with Gasteiger partial charge in [-0.25, -0.2) is 0 Å². The molecule has 0 aromatic heterocycles. The molecule has 0 saturated carbocycles. The van der Waals surface area contributed by atoms with Crippen molar-refractivity contribution in [2.24, 2.45) is 22.9 Å². The molecule has 0 radical (unpaired) electrons. The maximum absolute atomic E-state index is 13.8. The van der Waals surface area contributed by atoms with Gasteiger partial charge in [0.2, 0.25) is 23.6 Å². The van der Waals surface area contributed by atoms with Gasteiger partial charge >= 0.3 is 0 Å².